The Hall–Kier alpha value is -0.800. The topological polar surface area (TPSA) is 51.2 Å². The van der Waals surface area contributed by atoms with E-state index in [1.807, 2.05) is 12.1 Å². The molecule has 1 aromatic heterocycles. The molecule has 0 spiro atoms. The van der Waals surface area contributed by atoms with Crippen LogP contribution in [0.25, 0.3) is 0 Å². The van der Waals surface area contributed by atoms with Gasteiger partial charge in [0.1, 0.15) is 5.76 Å². The zero-order chi connectivity index (χ0) is 8.10. The maximum absolute atomic E-state index is 5.34. The normalized spacial score (nSPS) is 13.3. The SMILES string of the molecule is CCCC(NN)c1ccco1. The van der Waals surface area contributed by atoms with E-state index in [1.54, 1.807) is 6.26 Å². The van der Waals surface area contributed by atoms with Gasteiger partial charge >= 0.3 is 0 Å². The van der Waals surface area contributed by atoms with E-state index >= 15 is 0 Å². The van der Waals surface area contributed by atoms with Crippen molar-refractivity contribution in [1.29, 1.82) is 0 Å². The highest BCUT2D eigenvalue weighted by Gasteiger charge is 2.09. The third-order valence-corrected chi connectivity index (χ3v) is 1.67. The summed E-state index contributed by atoms with van der Waals surface area (Å²) in [5.41, 5.74) is 2.71. The molecule has 1 atom stereocenters. The summed E-state index contributed by atoms with van der Waals surface area (Å²) in [6.07, 6.45) is 3.76. The maximum atomic E-state index is 5.34. The van der Waals surface area contributed by atoms with Crippen LogP contribution in [-0.4, -0.2) is 0 Å². The Bertz CT molecular complexity index is 184. The fraction of sp³-hybridized carbons (Fsp3) is 0.500. The average molecular weight is 154 g/mol. The molecule has 0 aromatic carbocycles. The van der Waals surface area contributed by atoms with Gasteiger partial charge in [0.15, 0.2) is 0 Å². The zero-order valence-electron chi connectivity index (χ0n) is 6.71. The molecule has 11 heavy (non-hydrogen) atoms. The van der Waals surface area contributed by atoms with E-state index < -0.39 is 0 Å². The van der Waals surface area contributed by atoms with Crippen LogP contribution in [0.3, 0.4) is 0 Å². The monoisotopic (exact) mass is 154 g/mol. The fourth-order valence-electron chi connectivity index (χ4n) is 1.09. The molecule has 1 aromatic rings. The molecule has 0 aliphatic rings. The molecule has 0 aliphatic heterocycles. The van der Waals surface area contributed by atoms with E-state index in [-0.39, 0.29) is 6.04 Å². The van der Waals surface area contributed by atoms with Crippen molar-refractivity contribution >= 4 is 0 Å². The molecule has 62 valence electrons. The number of hydrazine groups is 1. The molecule has 3 nitrogen and oxygen atoms in total. The van der Waals surface area contributed by atoms with Gasteiger partial charge in [0.2, 0.25) is 0 Å². The standard InChI is InChI=1S/C8H14N2O/c1-2-4-7(10-9)8-5-3-6-11-8/h3,5-7,10H,2,4,9H2,1H3. The Morgan fingerprint density at radius 1 is 1.73 bits per heavy atom. The molecular weight excluding hydrogens is 140 g/mol. The van der Waals surface area contributed by atoms with Crippen LogP contribution in [0.5, 0.6) is 0 Å². The smallest absolute Gasteiger partial charge is 0.122 e. The van der Waals surface area contributed by atoms with Crippen molar-refractivity contribution in [3.8, 4) is 0 Å². The number of furan rings is 1. The summed E-state index contributed by atoms with van der Waals surface area (Å²) in [5, 5.41) is 0. The van der Waals surface area contributed by atoms with Gasteiger partial charge in [-0.05, 0) is 18.6 Å². The summed E-state index contributed by atoms with van der Waals surface area (Å²) in [5.74, 6) is 6.25. The maximum Gasteiger partial charge on any atom is 0.122 e. The van der Waals surface area contributed by atoms with Gasteiger partial charge in [0.25, 0.3) is 0 Å². The van der Waals surface area contributed by atoms with E-state index in [9.17, 15) is 0 Å². The van der Waals surface area contributed by atoms with Crippen LogP contribution < -0.4 is 11.3 Å². The van der Waals surface area contributed by atoms with Crippen LogP contribution in [0, 0.1) is 0 Å². The van der Waals surface area contributed by atoms with E-state index in [0.717, 1.165) is 18.6 Å². The predicted molar refractivity (Wildman–Crippen MR) is 43.7 cm³/mol. The second-order valence-electron chi connectivity index (χ2n) is 2.52. The summed E-state index contributed by atoms with van der Waals surface area (Å²) in [4.78, 5) is 0. The van der Waals surface area contributed by atoms with Gasteiger partial charge in [-0.1, -0.05) is 13.3 Å². The van der Waals surface area contributed by atoms with E-state index in [2.05, 4.69) is 12.3 Å². The molecule has 3 N–H and O–H groups in total. The molecule has 1 unspecified atom stereocenters. The first kappa shape index (κ1) is 8.30. The van der Waals surface area contributed by atoms with Gasteiger partial charge < -0.3 is 4.42 Å². The van der Waals surface area contributed by atoms with E-state index in [1.165, 1.54) is 0 Å². The van der Waals surface area contributed by atoms with Crippen molar-refractivity contribution in [2.75, 3.05) is 0 Å². The van der Waals surface area contributed by atoms with Crippen LogP contribution in [0.1, 0.15) is 31.6 Å². The van der Waals surface area contributed by atoms with Crippen LogP contribution >= 0.6 is 0 Å². The van der Waals surface area contributed by atoms with E-state index in [0.29, 0.717) is 0 Å². The quantitative estimate of drug-likeness (QED) is 0.511. The highest BCUT2D eigenvalue weighted by atomic mass is 16.3. The summed E-state index contributed by atoms with van der Waals surface area (Å²) in [6.45, 7) is 2.12. The first-order chi connectivity index (χ1) is 5.38. The summed E-state index contributed by atoms with van der Waals surface area (Å²) in [6, 6.07) is 3.96. The van der Waals surface area contributed by atoms with Crippen molar-refractivity contribution in [3.63, 3.8) is 0 Å². The van der Waals surface area contributed by atoms with Gasteiger partial charge in [-0.3, -0.25) is 5.84 Å². The minimum atomic E-state index is 0.162. The van der Waals surface area contributed by atoms with Gasteiger partial charge in [0, 0.05) is 0 Å². The number of hydrogen-bond donors (Lipinski definition) is 2. The van der Waals surface area contributed by atoms with Crippen LogP contribution in [0.2, 0.25) is 0 Å². The molecule has 0 saturated heterocycles. The Morgan fingerprint density at radius 3 is 3.00 bits per heavy atom. The minimum Gasteiger partial charge on any atom is -0.468 e. The zero-order valence-corrected chi connectivity index (χ0v) is 6.71. The molecule has 0 amide bonds. The lowest BCUT2D eigenvalue weighted by Gasteiger charge is -2.10. The molecule has 0 radical (unpaired) electrons. The van der Waals surface area contributed by atoms with Crippen molar-refractivity contribution < 1.29 is 4.42 Å². The van der Waals surface area contributed by atoms with Gasteiger partial charge in [-0.2, -0.15) is 0 Å². The summed E-state index contributed by atoms with van der Waals surface area (Å²) >= 11 is 0. The largest absolute Gasteiger partial charge is 0.468 e. The first-order valence-corrected chi connectivity index (χ1v) is 3.88. The van der Waals surface area contributed by atoms with Crippen molar-refractivity contribution in [2.45, 2.75) is 25.8 Å². The molecule has 3 heteroatoms. The van der Waals surface area contributed by atoms with Crippen LogP contribution in [0.4, 0.5) is 0 Å². The molecule has 0 fully saturated rings. The second-order valence-corrected chi connectivity index (χ2v) is 2.52. The molecule has 0 bridgehead atoms. The number of rotatable bonds is 4. The number of nitrogens with one attached hydrogen (secondary N) is 1. The molecule has 0 aliphatic carbocycles. The van der Waals surface area contributed by atoms with Crippen molar-refractivity contribution in [1.82, 2.24) is 5.43 Å². The van der Waals surface area contributed by atoms with Crippen LogP contribution in [0.15, 0.2) is 22.8 Å². The number of hydrogen-bond acceptors (Lipinski definition) is 3. The van der Waals surface area contributed by atoms with Crippen molar-refractivity contribution in [3.05, 3.63) is 24.2 Å². The lowest BCUT2D eigenvalue weighted by atomic mass is 10.1. The fourth-order valence-corrected chi connectivity index (χ4v) is 1.09. The Kier molecular flexibility index (Phi) is 3.14. The van der Waals surface area contributed by atoms with E-state index in [4.69, 9.17) is 10.3 Å². The molecule has 1 rings (SSSR count). The molecule has 1 heterocycles. The number of nitrogens with two attached hydrogens (primary N) is 1. The molecular formula is C8H14N2O. The summed E-state index contributed by atoms with van der Waals surface area (Å²) in [7, 11) is 0. The second kappa shape index (κ2) is 4.16. The highest BCUT2D eigenvalue weighted by Crippen LogP contribution is 2.16. The predicted octanol–water partition coefficient (Wildman–Crippen LogP) is 1.58. The molecule has 0 saturated carbocycles. The van der Waals surface area contributed by atoms with Gasteiger partial charge in [-0.25, -0.2) is 5.43 Å². The third-order valence-electron chi connectivity index (χ3n) is 1.67. The first-order valence-electron chi connectivity index (χ1n) is 3.88. The average Bonchev–Trinajstić information content (AvgIpc) is 2.52. The van der Waals surface area contributed by atoms with Crippen LogP contribution in [-0.2, 0) is 0 Å². The third kappa shape index (κ3) is 2.06. The Balaban J connectivity index is 2.56. The summed E-state index contributed by atoms with van der Waals surface area (Å²) < 4.78 is 5.20. The lowest BCUT2D eigenvalue weighted by Crippen LogP contribution is -2.27. The Labute approximate surface area is 66.5 Å². The van der Waals surface area contributed by atoms with Gasteiger partial charge in [0.05, 0.1) is 12.3 Å². The lowest BCUT2D eigenvalue weighted by molar-refractivity contribution is 0.398. The van der Waals surface area contributed by atoms with Crippen molar-refractivity contribution in [2.24, 2.45) is 5.84 Å². The highest BCUT2D eigenvalue weighted by molar-refractivity contribution is 5.03. The Morgan fingerprint density at radius 2 is 2.55 bits per heavy atom. The van der Waals surface area contributed by atoms with Gasteiger partial charge in [-0.15, -0.1) is 0 Å². The minimum absolute atomic E-state index is 0.162.